The summed E-state index contributed by atoms with van der Waals surface area (Å²) in [5.41, 5.74) is 2.14. The fraction of sp³-hybridized carbons (Fsp3) is 0.207. The first-order chi connectivity index (χ1) is 22.1. The number of aromatic nitrogens is 8. The second-order valence-corrected chi connectivity index (χ2v) is 10.3. The lowest BCUT2D eigenvalue weighted by molar-refractivity contribution is -0.274. The van der Waals surface area contributed by atoms with Crippen molar-refractivity contribution in [2.75, 3.05) is 0 Å². The molecule has 6 rings (SSSR count). The molecule has 242 valence electrons. The van der Waals surface area contributed by atoms with E-state index in [9.17, 15) is 35.1 Å². The van der Waals surface area contributed by atoms with E-state index in [1.54, 1.807) is 0 Å². The first-order valence-corrected chi connectivity index (χ1v) is 13.2. The Morgan fingerprint density at radius 2 is 1.23 bits per heavy atom. The highest BCUT2D eigenvalue weighted by atomic mass is 19.4. The molecule has 0 atom stereocenters. The standard InChI is InChI=1S/C16H13F2N5.C13H6F6N4O/c1-16(2,9-19)11-5-3-10(4-6-11)12-8-23-13(7-20-12)21-22-15(23)14(17)18;14-12(15,16)11-22-21-10-5-20-9(6-23(10)11)7-1-3-8(4-2-7)24-13(17,18)19/h3-8,14H,1-2H3;1-6H. The largest absolute Gasteiger partial charge is 0.573 e. The van der Waals surface area contributed by atoms with Crippen LogP contribution in [0, 0.1) is 11.3 Å². The van der Waals surface area contributed by atoms with Crippen LogP contribution in [0.1, 0.15) is 37.5 Å². The minimum absolute atomic E-state index is 0.103. The molecular weight excluding hydrogens is 642 g/mol. The maximum Gasteiger partial charge on any atom is 0.573 e. The molecule has 6 aromatic rings. The summed E-state index contributed by atoms with van der Waals surface area (Å²) in [6, 6.07) is 14.1. The van der Waals surface area contributed by atoms with Gasteiger partial charge in [0.2, 0.25) is 11.6 Å². The summed E-state index contributed by atoms with van der Waals surface area (Å²) < 4.78 is 106. The summed E-state index contributed by atoms with van der Waals surface area (Å²) >= 11 is 0. The summed E-state index contributed by atoms with van der Waals surface area (Å²) in [6.45, 7) is 3.66. The molecular formula is C29H19F8N9O. The van der Waals surface area contributed by atoms with Crippen molar-refractivity contribution < 1.29 is 39.9 Å². The SMILES string of the molecule is CC(C)(C#N)c1ccc(-c2cn3c(C(F)F)nnc3cn2)cc1.FC(F)(F)Oc1ccc(-c2cn3c(C(F)(F)F)nnc3cn2)cc1. The van der Waals surface area contributed by atoms with Crippen molar-refractivity contribution in [1.82, 2.24) is 39.2 Å². The Hall–Kier alpha value is -5.73. The molecule has 0 bridgehead atoms. The zero-order valence-electron chi connectivity index (χ0n) is 24.0. The third-order valence-electron chi connectivity index (χ3n) is 6.63. The number of rotatable bonds is 5. The number of hydrogen-bond acceptors (Lipinski definition) is 8. The van der Waals surface area contributed by atoms with Crippen LogP contribution in [0.15, 0.2) is 73.3 Å². The van der Waals surface area contributed by atoms with Gasteiger partial charge in [0.1, 0.15) is 5.75 Å². The Balaban J connectivity index is 0.000000185. The van der Waals surface area contributed by atoms with Crippen LogP contribution in [-0.4, -0.2) is 45.5 Å². The summed E-state index contributed by atoms with van der Waals surface area (Å²) in [4.78, 5) is 8.15. The Morgan fingerprint density at radius 1 is 0.723 bits per heavy atom. The maximum atomic E-state index is 12.9. The van der Waals surface area contributed by atoms with Gasteiger partial charge in [-0.15, -0.1) is 33.6 Å². The number of nitrogens with zero attached hydrogens (tertiary/aromatic N) is 9. The van der Waals surface area contributed by atoms with Gasteiger partial charge in [-0.2, -0.15) is 18.4 Å². The first-order valence-electron chi connectivity index (χ1n) is 13.2. The molecule has 4 aromatic heterocycles. The minimum Gasteiger partial charge on any atom is -0.406 e. The Morgan fingerprint density at radius 3 is 1.74 bits per heavy atom. The minimum atomic E-state index is -4.83. The van der Waals surface area contributed by atoms with Gasteiger partial charge >= 0.3 is 12.5 Å². The van der Waals surface area contributed by atoms with Crippen LogP contribution in [-0.2, 0) is 11.6 Å². The van der Waals surface area contributed by atoms with Gasteiger partial charge in [-0.3, -0.25) is 18.8 Å². The van der Waals surface area contributed by atoms with Gasteiger partial charge in [-0.05, 0) is 43.7 Å². The molecule has 0 aliphatic carbocycles. The molecule has 0 unspecified atom stereocenters. The van der Waals surface area contributed by atoms with E-state index in [4.69, 9.17) is 5.26 Å². The lowest BCUT2D eigenvalue weighted by Gasteiger charge is -2.15. The van der Waals surface area contributed by atoms with Crippen molar-refractivity contribution in [2.45, 2.75) is 38.2 Å². The van der Waals surface area contributed by atoms with Crippen LogP contribution in [0.4, 0.5) is 35.1 Å². The van der Waals surface area contributed by atoms with Gasteiger partial charge in [0, 0.05) is 23.5 Å². The summed E-state index contributed by atoms with van der Waals surface area (Å²) in [6.07, 6.45) is -7.22. The molecule has 47 heavy (non-hydrogen) atoms. The maximum absolute atomic E-state index is 12.9. The van der Waals surface area contributed by atoms with E-state index in [0.717, 1.165) is 35.7 Å². The average molecular weight is 662 g/mol. The molecule has 0 saturated heterocycles. The molecule has 2 aromatic carbocycles. The number of alkyl halides is 8. The fourth-order valence-electron chi connectivity index (χ4n) is 4.21. The predicted octanol–water partition coefficient (Wildman–Crippen LogP) is 7.24. The zero-order valence-corrected chi connectivity index (χ0v) is 24.0. The van der Waals surface area contributed by atoms with Crippen molar-refractivity contribution in [3.63, 3.8) is 0 Å². The molecule has 0 spiro atoms. The zero-order chi connectivity index (χ0) is 34.1. The van der Waals surface area contributed by atoms with E-state index >= 15 is 0 Å². The molecule has 0 fully saturated rings. The second-order valence-electron chi connectivity index (χ2n) is 10.3. The van der Waals surface area contributed by atoms with Gasteiger partial charge in [-0.25, -0.2) is 8.78 Å². The molecule has 0 radical (unpaired) electrons. The summed E-state index contributed by atoms with van der Waals surface area (Å²) in [7, 11) is 0. The number of halogens is 8. The third-order valence-corrected chi connectivity index (χ3v) is 6.63. The highest BCUT2D eigenvalue weighted by Gasteiger charge is 2.37. The number of ether oxygens (including phenoxy) is 1. The van der Waals surface area contributed by atoms with Crippen LogP contribution in [0.5, 0.6) is 5.75 Å². The van der Waals surface area contributed by atoms with E-state index in [-0.39, 0.29) is 17.0 Å². The van der Waals surface area contributed by atoms with Gasteiger partial charge < -0.3 is 4.74 Å². The van der Waals surface area contributed by atoms with Crippen LogP contribution in [0.3, 0.4) is 0 Å². The Kier molecular flexibility index (Phi) is 8.50. The van der Waals surface area contributed by atoms with Crippen molar-refractivity contribution in [2.24, 2.45) is 0 Å². The highest BCUT2D eigenvalue weighted by molar-refractivity contribution is 5.61. The molecule has 10 nitrogen and oxygen atoms in total. The lowest BCUT2D eigenvalue weighted by Crippen LogP contribution is -2.16. The number of benzene rings is 2. The predicted molar refractivity (Wildman–Crippen MR) is 148 cm³/mol. The van der Waals surface area contributed by atoms with Crippen molar-refractivity contribution in [3.05, 3.63) is 90.5 Å². The van der Waals surface area contributed by atoms with Gasteiger partial charge in [0.25, 0.3) is 6.43 Å². The lowest BCUT2D eigenvalue weighted by atomic mass is 9.86. The molecule has 0 amide bonds. The molecule has 0 aliphatic rings. The van der Waals surface area contributed by atoms with E-state index in [1.807, 2.05) is 38.1 Å². The number of hydrogen-bond donors (Lipinski definition) is 0. The van der Waals surface area contributed by atoms with E-state index in [2.05, 4.69) is 41.2 Å². The van der Waals surface area contributed by atoms with Crippen LogP contribution in [0.2, 0.25) is 0 Å². The fourth-order valence-corrected chi connectivity index (χ4v) is 4.21. The third kappa shape index (κ3) is 7.24. The van der Waals surface area contributed by atoms with Gasteiger partial charge in [-0.1, -0.05) is 24.3 Å². The first kappa shape index (κ1) is 32.7. The second kappa shape index (κ2) is 12.2. The number of nitriles is 1. The van der Waals surface area contributed by atoms with Crippen LogP contribution >= 0.6 is 0 Å². The number of fused-ring (bicyclic) bond motifs is 2. The van der Waals surface area contributed by atoms with Gasteiger partial charge in [0.05, 0.1) is 35.3 Å². The smallest absolute Gasteiger partial charge is 0.406 e. The van der Waals surface area contributed by atoms with E-state index < -0.39 is 41.8 Å². The van der Waals surface area contributed by atoms with Crippen LogP contribution in [0.25, 0.3) is 33.8 Å². The van der Waals surface area contributed by atoms with E-state index in [1.165, 1.54) is 28.9 Å². The Labute approximate surface area is 258 Å². The molecule has 18 heteroatoms. The Bertz CT molecular complexity index is 2060. The summed E-state index contributed by atoms with van der Waals surface area (Å²) in [5.74, 6) is -2.09. The quantitative estimate of drug-likeness (QED) is 0.178. The van der Waals surface area contributed by atoms with Crippen molar-refractivity contribution >= 4 is 11.3 Å². The highest BCUT2D eigenvalue weighted by Crippen LogP contribution is 2.30. The van der Waals surface area contributed by atoms with Crippen molar-refractivity contribution in [1.29, 1.82) is 5.26 Å². The monoisotopic (exact) mass is 661 g/mol. The van der Waals surface area contributed by atoms with E-state index in [0.29, 0.717) is 15.7 Å². The molecule has 0 saturated carbocycles. The normalized spacial score (nSPS) is 12.2. The molecule has 0 N–H and O–H groups in total. The summed E-state index contributed by atoms with van der Waals surface area (Å²) in [5, 5.41) is 22.7. The van der Waals surface area contributed by atoms with Crippen molar-refractivity contribution in [3.8, 4) is 34.3 Å². The average Bonchev–Trinajstić information content (AvgIpc) is 3.65. The van der Waals surface area contributed by atoms with Crippen LogP contribution < -0.4 is 4.74 Å². The molecule has 4 heterocycles. The van der Waals surface area contributed by atoms with Gasteiger partial charge in [0.15, 0.2) is 11.3 Å². The topological polar surface area (TPSA) is 119 Å². The molecule has 0 aliphatic heterocycles.